The van der Waals surface area contributed by atoms with Crippen LogP contribution in [0.1, 0.15) is 19.8 Å². The fourth-order valence-electron chi connectivity index (χ4n) is 0.928. The van der Waals surface area contributed by atoms with Gasteiger partial charge < -0.3 is 14.4 Å². The average Bonchev–Trinajstić information content (AvgIpc) is 2.11. The second-order valence-corrected chi connectivity index (χ2v) is 2.57. The maximum absolute atomic E-state index is 10.9. The highest BCUT2D eigenvalue weighted by molar-refractivity contribution is 5.72. The molecule has 0 bridgehead atoms. The minimum Gasteiger partial charge on any atom is -0.453 e. The molecule has 12 heavy (non-hydrogen) atoms. The van der Waals surface area contributed by atoms with Crippen molar-refractivity contribution in [2.24, 2.45) is 0 Å². The first kappa shape index (κ1) is 10.9. The lowest BCUT2D eigenvalue weighted by Crippen LogP contribution is -2.37. The molecule has 0 aromatic heterocycles. The Kier molecular flexibility index (Phi) is 5.08. The molecular weight excluding hydrogens is 158 g/mol. The summed E-state index contributed by atoms with van der Waals surface area (Å²) < 4.78 is 4.47. The van der Waals surface area contributed by atoms with Crippen molar-refractivity contribution < 1.29 is 14.3 Å². The van der Waals surface area contributed by atoms with E-state index in [4.69, 9.17) is 0 Å². The third-order valence-corrected chi connectivity index (χ3v) is 1.70. The van der Waals surface area contributed by atoms with Crippen LogP contribution in [0.3, 0.4) is 0 Å². The molecule has 0 heterocycles. The third-order valence-electron chi connectivity index (χ3n) is 1.70. The number of likely N-dealkylation sites (N-methyl/N-ethyl adjacent to an activating group) is 1. The molecule has 1 atom stereocenters. The fraction of sp³-hybridized carbons (Fsp3) is 0.750. The van der Waals surface area contributed by atoms with E-state index in [9.17, 15) is 9.59 Å². The highest BCUT2D eigenvalue weighted by Gasteiger charge is 2.18. The lowest BCUT2D eigenvalue weighted by atomic mass is 10.2. The zero-order chi connectivity index (χ0) is 9.56. The Bertz CT molecular complexity index is 158. The first-order valence-corrected chi connectivity index (χ1v) is 3.93. The molecular formula is C8H15NO3. The molecule has 1 amide bonds. The Balaban J connectivity index is 4.09. The van der Waals surface area contributed by atoms with Gasteiger partial charge in [0.15, 0.2) is 0 Å². The standard InChI is InChI=1S/C8H15NO3/c1-4-5-7(6-10)9(2)8(11)12-3/h6-7H,4-5H2,1-3H3. The zero-order valence-electron chi connectivity index (χ0n) is 7.74. The minimum absolute atomic E-state index is 0.359. The number of hydrogen-bond acceptors (Lipinski definition) is 3. The summed E-state index contributed by atoms with van der Waals surface area (Å²) in [7, 11) is 2.85. The molecule has 0 radical (unpaired) electrons. The van der Waals surface area contributed by atoms with E-state index in [0.29, 0.717) is 6.42 Å². The van der Waals surface area contributed by atoms with E-state index in [0.717, 1.165) is 12.7 Å². The predicted molar refractivity (Wildman–Crippen MR) is 44.9 cm³/mol. The number of hydrogen-bond donors (Lipinski definition) is 0. The first-order chi connectivity index (χ1) is 5.67. The lowest BCUT2D eigenvalue weighted by Gasteiger charge is -2.21. The van der Waals surface area contributed by atoms with E-state index in [1.807, 2.05) is 6.92 Å². The Labute approximate surface area is 72.5 Å². The smallest absolute Gasteiger partial charge is 0.409 e. The number of aldehydes is 1. The quantitative estimate of drug-likeness (QED) is 0.597. The summed E-state index contributed by atoms with van der Waals surface area (Å²) in [6.45, 7) is 1.96. The monoisotopic (exact) mass is 173 g/mol. The number of carbonyl (C=O) groups excluding carboxylic acids is 2. The number of ether oxygens (including phenoxy) is 1. The van der Waals surface area contributed by atoms with Gasteiger partial charge in [0.05, 0.1) is 13.2 Å². The number of amides is 1. The van der Waals surface area contributed by atoms with Crippen molar-refractivity contribution in [1.29, 1.82) is 0 Å². The minimum atomic E-state index is -0.472. The van der Waals surface area contributed by atoms with Gasteiger partial charge in [-0.1, -0.05) is 13.3 Å². The Hall–Kier alpha value is -1.06. The maximum atomic E-state index is 10.9. The van der Waals surface area contributed by atoms with Crippen molar-refractivity contribution in [3.8, 4) is 0 Å². The summed E-state index contributed by atoms with van der Waals surface area (Å²) in [5, 5.41) is 0. The van der Waals surface area contributed by atoms with Gasteiger partial charge in [-0.3, -0.25) is 0 Å². The van der Waals surface area contributed by atoms with Crippen LogP contribution >= 0.6 is 0 Å². The fourth-order valence-corrected chi connectivity index (χ4v) is 0.928. The molecule has 0 fully saturated rings. The van der Waals surface area contributed by atoms with Crippen molar-refractivity contribution in [2.45, 2.75) is 25.8 Å². The average molecular weight is 173 g/mol. The van der Waals surface area contributed by atoms with Gasteiger partial charge in [0, 0.05) is 7.05 Å². The molecule has 70 valence electrons. The third kappa shape index (κ3) is 2.90. The summed E-state index contributed by atoms with van der Waals surface area (Å²) in [5.41, 5.74) is 0. The van der Waals surface area contributed by atoms with E-state index in [1.165, 1.54) is 12.0 Å². The van der Waals surface area contributed by atoms with Crippen LogP contribution in [0.4, 0.5) is 4.79 Å². The molecule has 4 heteroatoms. The molecule has 0 N–H and O–H groups in total. The second kappa shape index (κ2) is 5.57. The van der Waals surface area contributed by atoms with Gasteiger partial charge in [-0.05, 0) is 6.42 Å². The molecule has 0 aliphatic carbocycles. The molecule has 0 saturated carbocycles. The number of rotatable bonds is 4. The summed E-state index contributed by atoms with van der Waals surface area (Å²) in [6.07, 6.45) is 1.83. The molecule has 0 aliphatic rings. The van der Waals surface area contributed by atoms with Crippen LogP contribution in [0.25, 0.3) is 0 Å². The largest absolute Gasteiger partial charge is 0.453 e. The molecule has 0 rings (SSSR count). The van der Waals surface area contributed by atoms with Crippen LogP contribution in [0.2, 0.25) is 0 Å². The van der Waals surface area contributed by atoms with E-state index in [1.54, 1.807) is 7.05 Å². The zero-order valence-corrected chi connectivity index (χ0v) is 7.74. The van der Waals surface area contributed by atoms with Crippen LogP contribution < -0.4 is 0 Å². The molecule has 0 spiro atoms. The molecule has 0 aromatic carbocycles. The maximum Gasteiger partial charge on any atom is 0.409 e. The van der Waals surface area contributed by atoms with Crippen LogP contribution in [0.15, 0.2) is 0 Å². The molecule has 0 aliphatic heterocycles. The van der Waals surface area contributed by atoms with Crippen molar-refractivity contribution in [2.75, 3.05) is 14.2 Å². The van der Waals surface area contributed by atoms with Crippen LogP contribution in [-0.2, 0) is 9.53 Å². The summed E-state index contributed by atoms with van der Waals surface area (Å²) in [5.74, 6) is 0. The first-order valence-electron chi connectivity index (χ1n) is 3.93. The topological polar surface area (TPSA) is 46.6 Å². The van der Waals surface area contributed by atoms with Gasteiger partial charge in [0.2, 0.25) is 0 Å². The number of nitrogens with zero attached hydrogens (tertiary/aromatic N) is 1. The van der Waals surface area contributed by atoms with E-state index in [-0.39, 0.29) is 6.04 Å². The predicted octanol–water partition coefficient (Wildman–Crippen LogP) is 1.05. The van der Waals surface area contributed by atoms with Gasteiger partial charge in [0.1, 0.15) is 6.29 Å². The van der Waals surface area contributed by atoms with E-state index >= 15 is 0 Å². The highest BCUT2D eigenvalue weighted by atomic mass is 16.5. The van der Waals surface area contributed by atoms with Crippen molar-refractivity contribution in [3.05, 3.63) is 0 Å². The Morgan fingerprint density at radius 2 is 2.25 bits per heavy atom. The van der Waals surface area contributed by atoms with Crippen LogP contribution in [0.5, 0.6) is 0 Å². The molecule has 1 unspecified atom stereocenters. The lowest BCUT2D eigenvalue weighted by molar-refractivity contribution is -0.111. The normalized spacial score (nSPS) is 11.9. The molecule has 0 saturated heterocycles. The highest BCUT2D eigenvalue weighted by Crippen LogP contribution is 2.03. The van der Waals surface area contributed by atoms with Crippen molar-refractivity contribution in [3.63, 3.8) is 0 Å². The van der Waals surface area contributed by atoms with Crippen LogP contribution in [-0.4, -0.2) is 37.5 Å². The van der Waals surface area contributed by atoms with E-state index in [2.05, 4.69) is 4.74 Å². The van der Waals surface area contributed by atoms with Gasteiger partial charge in [-0.2, -0.15) is 0 Å². The van der Waals surface area contributed by atoms with Crippen molar-refractivity contribution >= 4 is 12.4 Å². The second-order valence-electron chi connectivity index (χ2n) is 2.57. The van der Waals surface area contributed by atoms with Gasteiger partial charge in [0.25, 0.3) is 0 Å². The molecule has 0 aromatic rings. The van der Waals surface area contributed by atoms with Gasteiger partial charge in [-0.25, -0.2) is 4.79 Å². The summed E-state index contributed by atoms with van der Waals surface area (Å²) in [6, 6.07) is -0.359. The molecule has 4 nitrogen and oxygen atoms in total. The van der Waals surface area contributed by atoms with Gasteiger partial charge in [-0.15, -0.1) is 0 Å². The number of carbonyl (C=O) groups is 2. The summed E-state index contributed by atoms with van der Waals surface area (Å²) >= 11 is 0. The van der Waals surface area contributed by atoms with E-state index < -0.39 is 6.09 Å². The SMILES string of the molecule is CCCC(C=O)N(C)C(=O)OC. The Morgan fingerprint density at radius 3 is 2.58 bits per heavy atom. The van der Waals surface area contributed by atoms with Crippen molar-refractivity contribution in [1.82, 2.24) is 4.90 Å². The Morgan fingerprint density at radius 1 is 1.67 bits per heavy atom. The van der Waals surface area contributed by atoms with Gasteiger partial charge >= 0.3 is 6.09 Å². The summed E-state index contributed by atoms with van der Waals surface area (Å²) in [4.78, 5) is 22.7. The number of methoxy groups -OCH3 is 1. The van der Waals surface area contributed by atoms with Crippen LogP contribution in [0, 0.1) is 0 Å².